The lowest BCUT2D eigenvalue weighted by atomic mass is 9.97. The zero-order valence-corrected chi connectivity index (χ0v) is 22.3. The van der Waals surface area contributed by atoms with Crippen molar-refractivity contribution >= 4 is 17.2 Å². The number of anilines is 1. The van der Waals surface area contributed by atoms with E-state index in [1.165, 1.54) is 52.5 Å². The Morgan fingerprint density at radius 3 is 2.29 bits per heavy atom. The molecule has 7 rings (SSSR count). The number of rotatable bonds is 4. The molecule has 7 heteroatoms. The fourth-order valence-corrected chi connectivity index (χ4v) is 5.57. The number of nitrogens with zero attached hydrogens (tertiary/aromatic N) is 2. The van der Waals surface area contributed by atoms with Gasteiger partial charge in [-0.05, 0) is 70.1 Å². The van der Waals surface area contributed by atoms with Crippen LogP contribution in [0.25, 0.3) is 22.3 Å². The van der Waals surface area contributed by atoms with Crippen LogP contribution in [0.3, 0.4) is 0 Å². The molecule has 2 radical (unpaired) electrons. The predicted molar refractivity (Wildman–Crippen MR) is 156 cm³/mol. The third kappa shape index (κ3) is 4.42. The van der Waals surface area contributed by atoms with Crippen molar-refractivity contribution in [1.29, 1.82) is 0 Å². The van der Waals surface area contributed by atoms with Gasteiger partial charge in [-0.15, -0.1) is 0 Å². The minimum absolute atomic E-state index is 0.0658. The molecule has 0 bridgehead atoms. The summed E-state index contributed by atoms with van der Waals surface area (Å²) in [4.78, 5) is 5.98. The number of alkyl halides is 3. The molecule has 5 aromatic rings. The van der Waals surface area contributed by atoms with Crippen LogP contribution in [0.1, 0.15) is 27.8 Å². The molecule has 0 fully saturated rings. The molecule has 1 heterocycles. The molecule has 3 nitrogen and oxygen atoms in total. The van der Waals surface area contributed by atoms with Gasteiger partial charge in [0.2, 0.25) is 0 Å². The molecule has 0 aromatic heterocycles. The van der Waals surface area contributed by atoms with Crippen molar-refractivity contribution in [2.45, 2.75) is 12.6 Å². The maximum absolute atomic E-state index is 14.8. The fraction of sp³-hybridized carbons (Fsp3) is 0.0857. The van der Waals surface area contributed by atoms with Gasteiger partial charge in [-0.2, -0.15) is 13.2 Å². The summed E-state index contributed by atoms with van der Waals surface area (Å²) in [7, 11) is 1.38. The molecule has 0 N–H and O–H groups in total. The number of hydrogen-bond donors (Lipinski definition) is 0. The van der Waals surface area contributed by atoms with Gasteiger partial charge < -0.3 is 9.64 Å². The number of amidine groups is 1. The van der Waals surface area contributed by atoms with E-state index in [-0.39, 0.29) is 23.0 Å². The highest BCUT2D eigenvalue weighted by atomic mass is 19.4. The molecule has 0 amide bonds. The van der Waals surface area contributed by atoms with E-state index < -0.39 is 17.6 Å². The maximum atomic E-state index is 14.8. The second-order valence-corrected chi connectivity index (χ2v) is 10.2. The van der Waals surface area contributed by atoms with Crippen LogP contribution in [0.2, 0.25) is 0 Å². The highest BCUT2D eigenvalue weighted by molar-refractivity contribution is 6.14. The van der Waals surface area contributed by atoms with E-state index in [0.29, 0.717) is 11.1 Å². The van der Waals surface area contributed by atoms with Crippen LogP contribution < -0.4 is 9.64 Å². The third-order valence-electron chi connectivity index (χ3n) is 7.67. The number of hydrogen-bond acceptors (Lipinski definition) is 3. The Balaban J connectivity index is 1.31. The van der Waals surface area contributed by atoms with Gasteiger partial charge in [0.05, 0.1) is 18.4 Å². The van der Waals surface area contributed by atoms with Gasteiger partial charge in [0.15, 0.2) is 0 Å². The fourth-order valence-electron chi connectivity index (χ4n) is 5.57. The highest BCUT2D eigenvalue weighted by Gasteiger charge is 2.34. The zero-order chi connectivity index (χ0) is 29.0. The first-order chi connectivity index (χ1) is 20.3. The topological polar surface area (TPSA) is 24.8 Å². The van der Waals surface area contributed by atoms with Gasteiger partial charge in [0.25, 0.3) is 0 Å². The molecule has 1 aliphatic heterocycles. The first-order valence-corrected chi connectivity index (χ1v) is 13.3. The van der Waals surface area contributed by atoms with E-state index >= 15 is 0 Å². The molecular formula is C35H22F4N2O. The molecule has 0 saturated heterocycles. The largest absolute Gasteiger partial charge is 0.495 e. The number of fused-ring (bicyclic) bond motifs is 4. The van der Waals surface area contributed by atoms with Crippen LogP contribution in [0.5, 0.6) is 5.75 Å². The molecule has 0 spiro atoms. The summed E-state index contributed by atoms with van der Waals surface area (Å²) in [6.45, 7) is 3.06. The standard InChI is InChI=1S/C35H22F4N2O/c1-42-32-16-15-27(35(37,38)39)19-31(32)41-20-26-6-4-8-30(36)33(26)40-34(41)22-11-9-21(10-12-22)23-13-14-25-17-24-5-2-3-7-28(24)29(25)18-23/h2-16,18-19H,17H2,1H3. The second kappa shape index (κ2) is 9.87. The van der Waals surface area contributed by atoms with Crippen LogP contribution in [0, 0.1) is 12.4 Å². The van der Waals surface area contributed by atoms with E-state index in [9.17, 15) is 17.6 Å². The summed E-state index contributed by atoms with van der Waals surface area (Å²) in [6, 6.07) is 29.9. The van der Waals surface area contributed by atoms with E-state index in [4.69, 9.17) is 4.74 Å². The van der Waals surface area contributed by atoms with Gasteiger partial charge in [-0.25, -0.2) is 9.38 Å². The number of benzene rings is 5. The molecule has 1 aliphatic carbocycles. The second-order valence-electron chi connectivity index (χ2n) is 10.2. The molecule has 0 atom stereocenters. The van der Waals surface area contributed by atoms with Crippen molar-refractivity contribution in [2.75, 3.05) is 12.0 Å². The lowest BCUT2D eigenvalue weighted by Crippen LogP contribution is -2.32. The summed E-state index contributed by atoms with van der Waals surface area (Å²) in [6.07, 6.45) is -3.67. The monoisotopic (exact) mass is 562 g/mol. The molecule has 42 heavy (non-hydrogen) atoms. The van der Waals surface area contributed by atoms with E-state index in [1.54, 1.807) is 6.07 Å². The Kier molecular flexibility index (Phi) is 6.12. The molecule has 0 saturated carbocycles. The molecule has 5 aromatic carbocycles. The zero-order valence-electron chi connectivity index (χ0n) is 22.3. The van der Waals surface area contributed by atoms with Gasteiger partial charge in [0.1, 0.15) is 29.6 Å². The number of para-hydroxylation sites is 1. The van der Waals surface area contributed by atoms with Crippen LogP contribution in [-0.2, 0) is 12.6 Å². The summed E-state index contributed by atoms with van der Waals surface area (Å²) in [5.74, 6) is -0.138. The van der Waals surface area contributed by atoms with Crippen molar-refractivity contribution in [3.63, 3.8) is 0 Å². The van der Waals surface area contributed by atoms with E-state index in [0.717, 1.165) is 29.7 Å². The lowest BCUT2D eigenvalue weighted by Gasteiger charge is -2.31. The number of aliphatic imine (C=N–C) groups is 1. The van der Waals surface area contributed by atoms with Gasteiger partial charge in [0, 0.05) is 11.1 Å². The van der Waals surface area contributed by atoms with E-state index in [1.807, 2.05) is 30.3 Å². The van der Waals surface area contributed by atoms with Crippen molar-refractivity contribution < 1.29 is 22.3 Å². The Morgan fingerprint density at radius 2 is 1.50 bits per heavy atom. The number of methoxy groups -OCH3 is 1. The summed E-state index contributed by atoms with van der Waals surface area (Å²) < 4.78 is 61.3. The minimum atomic E-state index is -4.57. The van der Waals surface area contributed by atoms with Crippen LogP contribution in [-0.4, -0.2) is 12.9 Å². The van der Waals surface area contributed by atoms with Crippen LogP contribution in [0.15, 0.2) is 108 Å². The molecular weight excluding hydrogens is 540 g/mol. The van der Waals surface area contributed by atoms with Crippen molar-refractivity contribution in [1.82, 2.24) is 0 Å². The van der Waals surface area contributed by atoms with Crippen molar-refractivity contribution in [3.05, 3.63) is 143 Å². The Hall–Kier alpha value is -4.91. The van der Waals surface area contributed by atoms with E-state index in [2.05, 4.69) is 47.9 Å². The maximum Gasteiger partial charge on any atom is 0.416 e. The normalized spacial score (nSPS) is 13.7. The van der Waals surface area contributed by atoms with Crippen molar-refractivity contribution in [3.8, 4) is 28.0 Å². The SMILES string of the molecule is COc1ccc(C(F)(F)F)cc1N1[C]c2cccc(F)c2N=C1c1ccc(-c2ccc3c(c2)-c2ccccc2C3)cc1. The molecule has 206 valence electrons. The minimum Gasteiger partial charge on any atom is -0.495 e. The first kappa shape index (κ1) is 26.0. The number of halogens is 4. The Bertz CT molecular complexity index is 1880. The summed E-state index contributed by atoms with van der Waals surface area (Å²) >= 11 is 0. The third-order valence-corrected chi connectivity index (χ3v) is 7.67. The summed E-state index contributed by atoms with van der Waals surface area (Å²) in [5, 5.41) is 0. The first-order valence-electron chi connectivity index (χ1n) is 13.3. The van der Waals surface area contributed by atoms with Crippen LogP contribution in [0.4, 0.5) is 28.9 Å². The Labute approximate surface area is 240 Å². The predicted octanol–water partition coefficient (Wildman–Crippen LogP) is 9.08. The Morgan fingerprint density at radius 1 is 0.762 bits per heavy atom. The average molecular weight is 563 g/mol. The molecule has 2 aliphatic rings. The van der Waals surface area contributed by atoms with Crippen LogP contribution >= 0.6 is 0 Å². The van der Waals surface area contributed by atoms with Gasteiger partial charge in [-0.1, -0.05) is 72.8 Å². The summed E-state index contributed by atoms with van der Waals surface area (Å²) in [5.41, 5.74) is 7.23. The highest BCUT2D eigenvalue weighted by Crippen LogP contribution is 2.42. The number of ether oxygens (including phenoxy) is 1. The van der Waals surface area contributed by atoms with Crippen molar-refractivity contribution in [2.24, 2.45) is 4.99 Å². The smallest absolute Gasteiger partial charge is 0.416 e. The average Bonchev–Trinajstić information content (AvgIpc) is 3.38. The van der Waals surface area contributed by atoms with Gasteiger partial charge in [-0.3, -0.25) is 0 Å². The van der Waals surface area contributed by atoms with Gasteiger partial charge >= 0.3 is 6.18 Å². The quantitative estimate of drug-likeness (QED) is 0.200. The molecule has 0 unspecified atom stereocenters. The lowest BCUT2D eigenvalue weighted by molar-refractivity contribution is -0.137.